The van der Waals surface area contributed by atoms with Gasteiger partial charge in [-0.1, -0.05) is 0 Å². The molecule has 0 saturated carbocycles. The molecule has 0 aliphatic heterocycles. The van der Waals surface area contributed by atoms with Crippen molar-refractivity contribution in [1.29, 1.82) is 0 Å². The van der Waals surface area contributed by atoms with E-state index < -0.39 is 0 Å². The zero-order chi connectivity index (χ0) is 0. The number of rotatable bonds is 0. The Bertz CT molecular complexity index is 42.5. The molecule has 0 aromatic rings. The fourth-order valence-corrected chi connectivity index (χ4v) is 0. The maximum Gasteiger partial charge on any atom is 1.00 e. The minimum Gasteiger partial charge on any atom is -1.00 e. The van der Waals surface area contributed by atoms with Crippen LogP contribution in [0, 0.1) is 0 Å². The average molecular weight is 660 g/mol. The zero-order valence-electron chi connectivity index (χ0n) is 25.0. The van der Waals surface area contributed by atoms with E-state index in [1.165, 1.54) is 0 Å². The first-order valence-electron chi connectivity index (χ1n) is 0. The summed E-state index contributed by atoms with van der Waals surface area (Å²) in [6.45, 7) is 0. The van der Waals surface area contributed by atoms with Crippen molar-refractivity contribution < 1.29 is 319 Å². The summed E-state index contributed by atoms with van der Waals surface area (Å²) in [5.74, 6) is 0. The third kappa shape index (κ3) is 3350. The molecule has 0 bridgehead atoms. The van der Waals surface area contributed by atoms with E-state index in [2.05, 4.69) is 0 Å². The van der Waals surface area contributed by atoms with Crippen molar-refractivity contribution in [3.05, 3.63) is 0 Å². The predicted octanol–water partition coefficient (Wildman–Crippen LogP) is -39.2. The molecular weight excluding hydrogens is 595 g/mol. The van der Waals surface area contributed by atoms with Gasteiger partial charge in [0.2, 0.25) is 0 Å². The van der Waals surface area contributed by atoms with Gasteiger partial charge in [0.1, 0.15) is 0 Å². The molecule has 0 saturated heterocycles. The van der Waals surface area contributed by atoms with Crippen molar-refractivity contribution in [3.63, 3.8) is 0 Å². The predicted molar refractivity (Wildman–Crippen MR) is 114 cm³/mol. The Morgan fingerprint density at radius 2 is 0.0857 bits per heavy atom. The molecule has 0 amide bonds. The van der Waals surface area contributed by atoms with Crippen LogP contribution in [0.25, 0.3) is 0 Å². The summed E-state index contributed by atoms with van der Waals surface area (Å²) in [5, 5.41) is 0. The summed E-state index contributed by atoms with van der Waals surface area (Å²) in [7, 11) is 0. The molecule has 0 radical (unpaired) electrons. The van der Waals surface area contributed by atoms with E-state index in [0.29, 0.717) is 0 Å². The van der Waals surface area contributed by atoms with Crippen LogP contribution in [-0.4, -0.2) is 164 Å². The fourth-order valence-electron chi connectivity index (χ4n) is 0. The van der Waals surface area contributed by atoms with Gasteiger partial charge in [0.25, 0.3) is 0 Å². The van der Waals surface area contributed by atoms with E-state index in [1.54, 1.807) is 0 Å². The molecule has 0 aliphatic carbocycles. The summed E-state index contributed by atoms with van der Waals surface area (Å²) in [6, 6.07) is 0. The maximum atomic E-state index is 0. The summed E-state index contributed by atoms with van der Waals surface area (Å²) < 4.78 is 0. The molecule has 0 heterocycles. The molecule has 250 valence electrons. The van der Waals surface area contributed by atoms with E-state index in [9.17, 15) is 0 Å². The molecule has 0 aromatic heterocycles. The van der Waals surface area contributed by atoms with Crippen molar-refractivity contribution in [1.82, 2.24) is 0 Å². The zero-order valence-corrected chi connectivity index (χ0v) is 30.0. The van der Waals surface area contributed by atoms with Crippen LogP contribution in [0.1, 0.15) is 7.13 Å². The van der Waals surface area contributed by atoms with Crippen molar-refractivity contribution in [2.75, 3.05) is 0 Å². The molecular formula is H65Na5O30. The third-order valence-electron chi connectivity index (χ3n) is 0. The number of hydrogen-bond donors (Lipinski definition) is 0. The van der Waals surface area contributed by atoms with Gasteiger partial charge in [-0.3, -0.25) is 0 Å². The topological polar surface area (TPSA) is 945 Å². The normalized spacial score (nSPS) is 0. The maximum absolute atomic E-state index is 0. The van der Waals surface area contributed by atoms with E-state index in [4.69, 9.17) is 0 Å². The molecule has 0 fully saturated rings. The first kappa shape index (κ1) is 3840. The van der Waals surface area contributed by atoms with Gasteiger partial charge in [0.05, 0.1) is 0 Å². The van der Waals surface area contributed by atoms with Crippen molar-refractivity contribution in [2.24, 2.45) is 0 Å². The van der Waals surface area contributed by atoms with Crippen molar-refractivity contribution >= 4 is 0 Å². The van der Waals surface area contributed by atoms with Gasteiger partial charge in [-0.15, -0.1) is 0 Å². The minimum absolute atomic E-state index is 0. The smallest absolute Gasteiger partial charge is 1.00 e. The standard InChI is InChI=1S/5Na.30H2O.5H/h;;;;;30*1H2;;;;;/q5*+1;;;;;;;;;;;;;;;;;;;;;;;;;;;;;;;5*-1. The molecule has 0 unspecified atom stereocenters. The Hall–Kier alpha value is 3.80. The Morgan fingerprint density at radius 3 is 0.0857 bits per heavy atom. The van der Waals surface area contributed by atoms with Gasteiger partial charge in [0.15, 0.2) is 0 Å². The molecule has 60 N–H and O–H groups in total. The van der Waals surface area contributed by atoms with E-state index in [-0.39, 0.29) is 319 Å². The van der Waals surface area contributed by atoms with Crippen LogP contribution >= 0.6 is 0 Å². The second kappa shape index (κ2) is 3550. The van der Waals surface area contributed by atoms with Gasteiger partial charge < -0.3 is 171 Å². The van der Waals surface area contributed by atoms with Gasteiger partial charge in [0, 0.05) is 0 Å². The van der Waals surface area contributed by atoms with Gasteiger partial charge in [-0.05, 0) is 0 Å². The van der Waals surface area contributed by atoms with E-state index in [1.807, 2.05) is 0 Å². The fraction of sp³-hybridized carbons (Fsp3) is 0. The average Bonchev–Trinajstić information content (AvgIpc) is 0. The van der Waals surface area contributed by atoms with Gasteiger partial charge in [-0.25, -0.2) is 0 Å². The summed E-state index contributed by atoms with van der Waals surface area (Å²) in [4.78, 5) is 0. The largest absolute Gasteiger partial charge is 1.00 e. The first-order chi connectivity index (χ1) is 0. The monoisotopic (exact) mass is 660 g/mol. The van der Waals surface area contributed by atoms with Crippen LogP contribution in [-0.2, 0) is 0 Å². The summed E-state index contributed by atoms with van der Waals surface area (Å²) in [6.07, 6.45) is 0. The van der Waals surface area contributed by atoms with E-state index in [0.717, 1.165) is 0 Å². The van der Waals surface area contributed by atoms with Crippen LogP contribution in [0.2, 0.25) is 0 Å². The first-order valence-corrected chi connectivity index (χ1v) is 0. The van der Waals surface area contributed by atoms with Crippen molar-refractivity contribution in [2.45, 2.75) is 0 Å². The Morgan fingerprint density at radius 1 is 0.0857 bits per heavy atom. The summed E-state index contributed by atoms with van der Waals surface area (Å²) in [5.41, 5.74) is 0. The van der Waals surface area contributed by atoms with E-state index >= 15 is 0 Å². The summed E-state index contributed by atoms with van der Waals surface area (Å²) >= 11 is 0. The molecule has 35 heteroatoms. The Kier molecular flexibility index (Phi) is 389000. The molecule has 30 nitrogen and oxygen atoms in total. The van der Waals surface area contributed by atoms with Gasteiger partial charge >= 0.3 is 148 Å². The number of hydrogen-bond acceptors (Lipinski definition) is 0. The molecule has 0 rings (SSSR count). The van der Waals surface area contributed by atoms with Crippen LogP contribution in [0.4, 0.5) is 0 Å². The molecule has 0 spiro atoms. The Labute approximate surface area is 315 Å². The Balaban J connectivity index is 0. The second-order valence-corrected chi connectivity index (χ2v) is 0. The van der Waals surface area contributed by atoms with Crippen LogP contribution in [0.3, 0.4) is 0 Å². The quantitative estimate of drug-likeness (QED) is 0.218. The van der Waals surface area contributed by atoms with Crippen LogP contribution in [0.15, 0.2) is 0 Å². The third-order valence-corrected chi connectivity index (χ3v) is 0. The molecule has 0 atom stereocenters. The van der Waals surface area contributed by atoms with Crippen LogP contribution < -0.4 is 148 Å². The second-order valence-electron chi connectivity index (χ2n) is 0. The molecule has 0 aliphatic rings. The SMILES string of the molecule is O.O.O.O.O.O.O.O.O.O.O.O.O.O.O.O.O.O.O.O.O.O.O.O.O.O.O.O.O.O.[H-].[H-].[H-].[H-].[H-].[Na+].[Na+].[Na+].[Na+].[Na+]. The molecule has 0 aromatic carbocycles. The van der Waals surface area contributed by atoms with Gasteiger partial charge in [-0.2, -0.15) is 0 Å². The van der Waals surface area contributed by atoms with Crippen LogP contribution in [0.5, 0.6) is 0 Å². The minimum atomic E-state index is 0. The van der Waals surface area contributed by atoms with Crippen molar-refractivity contribution in [3.8, 4) is 0 Å². The molecule has 35 heavy (non-hydrogen) atoms.